The molecule has 14 heavy (non-hydrogen) atoms. The zero-order valence-corrected chi connectivity index (χ0v) is 8.48. The highest BCUT2D eigenvalue weighted by molar-refractivity contribution is 6.32. The Kier molecular flexibility index (Phi) is 3.21. The van der Waals surface area contributed by atoms with Crippen molar-refractivity contribution in [3.63, 3.8) is 0 Å². The van der Waals surface area contributed by atoms with Crippen LogP contribution in [0.3, 0.4) is 0 Å². The summed E-state index contributed by atoms with van der Waals surface area (Å²) in [6, 6.07) is 0. The average molecular weight is 223 g/mol. The molecule has 0 saturated carbocycles. The van der Waals surface area contributed by atoms with Gasteiger partial charge in [0.2, 0.25) is 5.78 Å². The molecular weight excluding hydrogens is 214 g/mol. The number of nitrogens with zero attached hydrogens (tertiary/aromatic N) is 2. The van der Waals surface area contributed by atoms with Crippen molar-refractivity contribution in [2.45, 2.75) is 19.8 Å². The maximum atomic E-state index is 12.0. The molecule has 6 heteroatoms. The molecule has 0 aliphatic heterocycles. The Balaban J connectivity index is 2.92. The molecule has 0 radical (unpaired) electrons. The summed E-state index contributed by atoms with van der Waals surface area (Å²) in [5.41, 5.74) is 0.862. The van der Waals surface area contributed by atoms with Crippen LogP contribution in [-0.2, 0) is 18.3 Å². The number of halogens is 3. The van der Waals surface area contributed by atoms with E-state index in [1.807, 2.05) is 0 Å². The van der Waals surface area contributed by atoms with E-state index in [1.165, 1.54) is 4.68 Å². The van der Waals surface area contributed by atoms with Gasteiger partial charge in [-0.3, -0.25) is 9.48 Å². The number of aryl methyl sites for hydroxylation is 2. The van der Waals surface area contributed by atoms with Gasteiger partial charge >= 0.3 is 0 Å². The maximum Gasteiger partial charge on any atom is 0.296 e. The molecule has 0 bridgehead atoms. The first-order chi connectivity index (χ1) is 6.43. The van der Waals surface area contributed by atoms with E-state index in [-0.39, 0.29) is 11.4 Å². The lowest BCUT2D eigenvalue weighted by molar-refractivity contribution is -0.128. The third-order valence-electron chi connectivity index (χ3n) is 1.85. The van der Waals surface area contributed by atoms with E-state index in [2.05, 4.69) is 5.10 Å². The van der Waals surface area contributed by atoms with Gasteiger partial charge in [-0.25, -0.2) is 8.78 Å². The normalized spacial score (nSPS) is 11.0. The van der Waals surface area contributed by atoms with Crippen LogP contribution in [0.15, 0.2) is 0 Å². The van der Waals surface area contributed by atoms with Gasteiger partial charge in [0.05, 0.1) is 22.8 Å². The molecule has 0 aliphatic carbocycles. The van der Waals surface area contributed by atoms with Crippen LogP contribution in [0, 0.1) is 6.92 Å². The Morgan fingerprint density at radius 2 is 2.21 bits per heavy atom. The van der Waals surface area contributed by atoms with Crippen LogP contribution in [0.5, 0.6) is 0 Å². The van der Waals surface area contributed by atoms with Crippen molar-refractivity contribution < 1.29 is 13.6 Å². The summed E-state index contributed by atoms with van der Waals surface area (Å²) in [4.78, 5) is 10.8. The van der Waals surface area contributed by atoms with E-state index in [1.54, 1.807) is 14.0 Å². The van der Waals surface area contributed by atoms with Crippen molar-refractivity contribution in [3.8, 4) is 0 Å². The Morgan fingerprint density at radius 1 is 1.64 bits per heavy atom. The quantitative estimate of drug-likeness (QED) is 0.781. The Hall–Kier alpha value is -0.970. The molecule has 1 heterocycles. The molecule has 1 aromatic heterocycles. The molecule has 1 aromatic rings. The average Bonchev–Trinajstić information content (AvgIpc) is 2.32. The van der Waals surface area contributed by atoms with Crippen LogP contribution >= 0.6 is 11.6 Å². The summed E-state index contributed by atoms with van der Waals surface area (Å²) in [6.07, 6.45) is -3.34. The lowest BCUT2D eigenvalue weighted by atomic mass is 10.2. The van der Waals surface area contributed by atoms with E-state index in [4.69, 9.17) is 11.6 Å². The fraction of sp³-hybridized carbons (Fsp3) is 0.500. The highest BCUT2D eigenvalue weighted by atomic mass is 35.5. The molecule has 1 rings (SSSR count). The largest absolute Gasteiger partial charge is 0.296 e. The third-order valence-corrected chi connectivity index (χ3v) is 2.34. The number of rotatable bonds is 3. The van der Waals surface area contributed by atoms with Crippen LogP contribution in [-0.4, -0.2) is 22.0 Å². The number of carbonyl (C=O) groups excluding carboxylic acids is 1. The Labute approximate surface area is 84.7 Å². The molecule has 0 spiro atoms. The number of alkyl halides is 2. The van der Waals surface area contributed by atoms with Gasteiger partial charge in [0.1, 0.15) is 0 Å². The predicted molar refractivity (Wildman–Crippen MR) is 47.7 cm³/mol. The number of hydrogen-bond acceptors (Lipinski definition) is 2. The monoisotopic (exact) mass is 222 g/mol. The van der Waals surface area contributed by atoms with Crippen molar-refractivity contribution >= 4 is 17.4 Å². The first-order valence-electron chi connectivity index (χ1n) is 3.92. The lowest BCUT2D eigenvalue weighted by Gasteiger charge is -2.01. The van der Waals surface area contributed by atoms with E-state index >= 15 is 0 Å². The van der Waals surface area contributed by atoms with Gasteiger partial charge in [-0.2, -0.15) is 5.10 Å². The number of hydrogen-bond donors (Lipinski definition) is 0. The highest BCUT2D eigenvalue weighted by Gasteiger charge is 2.20. The Morgan fingerprint density at radius 3 is 2.57 bits per heavy atom. The van der Waals surface area contributed by atoms with Crippen LogP contribution in [0.1, 0.15) is 11.4 Å². The smallest absolute Gasteiger partial charge is 0.293 e. The molecule has 0 amide bonds. The topological polar surface area (TPSA) is 34.9 Å². The molecular formula is C8H9ClF2N2O. The van der Waals surface area contributed by atoms with Gasteiger partial charge in [0.15, 0.2) is 0 Å². The molecule has 0 saturated heterocycles. The maximum absolute atomic E-state index is 12.0. The number of carbonyl (C=O) groups is 1. The van der Waals surface area contributed by atoms with Crippen LogP contribution in [0.25, 0.3) is 0 Å². The zero-order valence-electron chi connectivity index (χ0n) is 7.72. The van der Waals surface area contributed by atoms with Gasteiger partial charge < -0.3 is 0 Å². The van der Waals surface area contributed by atoms with Crippen molar-refractivity contribution in [1.29, 1.82) is 0 Å². The second-order valence-electron chi connectivity index (χ2n) is 2.91. The van der Waals surface area contributed by atoms with Crippen molar-refractivity contribution in [2.24, 2.45) is 7.05 Å². The first-order valence-corrected chi connectivity index (χ1v) is 4.30. The second-order valence-corrected chi connectivity index (χ2v) is 3.29. The summed E-state index contributed by atoms with van der Waals surface area (Å²) in [5.74, 6) is -1.14. The van der Waals surface area contributed by atoms with Crippen molar-refractivity contribution in [3.05, 3.63) is 16.4 Å². The fourth-order valence-corrected chi connectivity index (χ4v) is 1.34. The number of Topliss-reactive ketones (excluding diaryl/α,β-unsaturated/α-hetero) is 1. The first kappa shape index (κ1) is 11.1. The van der Waals surface area contributed by atoms with E-state index in [9.17, 15) is 13.6 Å². The van der Waals surface area contributed by atoms with E-state index < -0.39 is 12.2 Å². The molecule has 78 valence electrons. The predicted octanol–water partition coefficient (Wildman–Crippen LogP) is 1.76. The van der Waals surface area contributed by atoms with Crippen LogP contribution in [0.4, 0.5) is 8.78 Å². The fourth-order valence-electron chi connectivity index (χ4n) is 1.11. The summed E-state index contributed by atoms with van der Waals surface area (Å²) in [6.45, 7) is 1.65. The van der Waals surface area contributed by atoms with Gasteiger partial charge in [-0.1, -0.05) is 11.6 Å². The molecule has 0 aliphatic rings. The van der Waals surface area contributed by atoms with Crippen molar-refractivity contribution in [2.75, 3.05) is 0 Å². The molecule has 3 nitrogen and oxygen atoms in total. The van der Waals surface area contributed by atoms with Crippen molar-refractivity contribution in [1.82, 2.24) is 9.78 Å². The molecule has 0 aromatic carbocycles. The highest BCUT2D eigenvalue weighted by Crippen LogP contribution is 2.20. The zero-order chi connectivity index (χ0) is 10.9. The molecule has 0 atom stereocenters. The number of aromatic nitrogens is 2. The SMILES string of the molecule is Cc1nn(C)c(CC(=O)C(F)F)c1Cl. The standard InChI is InChI=1S/C8H9ClF2N2O/c1-4-7(9)5(13(2)12-4)3-6(14)8(10)11/h8H,3H2,1-2H3. The minimum Gasteiger partial charge on any atom is -0.293 e. The summed E-state index contributed by atoms with van der Waals surface area (Å²) in [5, 5.41) is 4.19. The summed E-state index contributed by atoms with van der Waals surface area (Å²) < 4.78 is 25.3. The summed E-state index contributed by atoms with van der Waals surface area (Å²) in [7, 11) is 1.56. The lowest BCUT2D eigenvalue weighted by Crippen LogP contribution is -2.15. The minimum atomic E-state index is -2.96. The number of ketones is 1. The Bertz CT molecular complexity index is 362. The van der Waals surface area contributed by atoms with Gasteiger partial charge in [0.25, 0.3) is 6.43 Å². The van der Waals surface area contributed by atoms with Crippen LogP contribution in [0.2, 0.25) is 5.02 Å². The van der Waals surface area contributed by atoms with E-state index in [0.717, 1.165) is 0 Å². The molecule has 0 N–H and O–H groups in total. The van der Waals surface area contributed by atoms with E-state index in [0.29, 0.717) is 11.4 Å². The van der Waals surface area contributed by atoms with Crippen LogP contribution < -0.4 is 0 Å². The second kappa shape index (κ2) is 4.04. The van der Waals surface area contributed by atoms with Gasteiger partial charge in [-0.15, -0.1) is 0 Å². The van der Waals surface area contributed by atoms with Gasteiger partial charge in [0, 0.05) is 7.05 Å². The molecule has 0 unspecified atom stereocenters. The third kappa shape index (κ3) is 2.09. The van der Waals surface area contributed by atoms with Gasteiger partial charge in [-0.05, 0) is 6.92 Å². The summed E-state index contributed by atoms with van der Waals surface area (Å²) >= 11 is 5.78. The minimum absolute atomic E-state index is 0.279. The molecule has 0 fully saturated rings.